The van der Waals surface area contributed by atoms with Crippen molar-refractivity contribution in [2.75, 3.05) is 27.8 Å². The predicted octanol–water partition coefficient (Wildman–Crippen LogP) is 4.28. The predicted molar refractivity (Wildman–Crippen MR) is 128 cm³/mol. The number of likely N-dealkylation sites (N-methyl/N-ethyl adjacent to an activating group) is 1. The van der Waals surface area contributed by atoms with Crippen LogP contribution in [-0.2, 0) is 9.59 Å². The Bertz CT molecular complexity index is 1030. The van der Waals surface area contributed by atoms with E-state index in [1.54, 1.807) is 27.3 Å². The topological polar surface area (TPSA) is 71.4 Å². The molecule has 0 aromatic heterocycles. The van der Waals surface area contributed by atoms with Gasteiger partial charge < -0.3 is 14.4 Å². The summed E-state index contributed by atoms with van der Waals surface area (Å²) in [5, 5.41) is 6.22. The van der Waals surface area contributed by atoms with Gasteiger partial charge in [-0.3, -0.25) is 9.59 Å². The van der Waals surface area contributed by atoms with Crippen LogP contribution in [-0.4, -0.2) is 55.2 Å². The van der Waals surface area contributed by atoms with Gasteiger partial charge in [0.15, 0.2) is 0 Å². The first kappa shape index (κ1) is 24.3. The molecule has 1 heterocycles. The number of amides is 2. The molecule has 0 N–H and O–H groups in total. The molecular formula is C26H33N3O4. The SMILES string of the molecule is COc1ccc(C2=NN(C(=O)CN(C)C(=O)CC(C)(C)C)[C@@H](c3ccccc3)C2)c(OC)c1. The molecule has 7 nitrogen and oxygen atoms in total. The average Bonchev–Trinajstić information content (AvgIpc) is 3.23. The van der Waals surface area contributed by atoms with Gasteiger partial charge in [0.2, 0.25) is 5.91 Å². The van der Waals surface area contributed by atoms with E-state index in [9.17, 15) is 9.59 Å². The van der Waals surface area contributed by atoms with Crippen LogP contribution < -0.4 is 9.47 Å². The van der Waals surface area contributed by atoms with Crippen molar-refractivity contribution < 1.29 is 19.1 Å². The Labute approximate surface area is 196 Å². The molecule has 33 heavy (non-hydrogen) atoms. The van der Waals surface area contributed by atoms with E-state index in [0.29, 0.717) is 24.3 Å². The zero-order valence-corrected chi connectivity index (χ0v) is 20.3. The molecule has 2 amide bonds. The normalized spacial score (nSPS) is 15.8. The molecule has 0 saturated heterocycles. The summed E-state index contributed by atoms with van der Waals surface area (Å²) in [6, 6.07) is 15.1. The van der Waals surface area contributed by atoms with E-state index < -0.39 is 0 Å². The highest BCUT2D eigenvalue weighted by Gasteiger charge is 2.35. The molecule has 3 rings (SSSR count). The number of methoxy groups -OCH3 is 2. The highest BCUT2D eigenvalue weighted by Crippen LogP contribution is 2.36. The van der Waals surface area contributed by atoms with Crippen LogP contribution in [0.15, 0.2) is 53.6 Å². The van der Waals surface area contributed by atoms with Gasteiger partial charge >= 0.3 is 0 Å². The zero-order chi connectivity index (χ0) is 24.2. The van der Waals surface area contributed by atoms with Crippen molar-refractivity contribution in [2.45, 2.75) is 39.7 Å². The Hall–Kier alpha value is -3.35. The van der Waals surface area contributed by atoms with Gasteiger partial charge in [-0.25, -0.2) is 5.01 Å². The lowest BCUT2D eigenvalue weighted by Gasteiger charge is -2.26. The molecule has 2 aromatic rings. The van der Waals surface area contributed by atoms with Crippen molar-refractivity contribution in [3.63, 3.8) is 0 Å². The van der Waals surface area contributed by atoms with E-state index >= 15 is 0 Å². The molecular weight excluding hydrogens is 418 g/mol. The number of carbonyl (C=O) groups is 2. The summed E-state index contributed by atoms with van der Waals surface area (Å²) in [4.78, 5) is 27.4. The Morgan fingerprint density at radius 1 is 1.09 bits per heavy atom. The Kier molecular flexibility index (Phi) is 7.41. The molecule has 0 bridgehead atoms. The number of benzene rings is 2. The van der Waals surface area contributed by atoms with Crippen molar-refractivity contribution in [1.82, 2.24) is 9.91 Å². The van der Waals surface area contributed by atoms with Crippen LogP contribution in [0.4, 0.5) is 0 Å². The van der Waals surface area contributed by atoms with Crippen molar-refractivity contribution in [3.05, 3.63) is 59.7 Å². The first-order chi connectivity index (χ1) is 15.6. The van der Waals surface area contributed by atoms with Crippen molar-refractivity contribution >= 4 is 17.5 Å². The summed E-state index contributed by atoms with van der Waals surface area (Å²) in [6.07, 6.45) is 0.911. The van der Waals surface area contributed by atoms with Crippen molar-refractivity contribution in [3.8, 4) is 11.5 Å². The van der Waals surface area contributed by atoms with Crippen LogP contribution in [0.1, 0.15) is 50.8 Å². The first-order valence-corrected chi connectivity index (χ1v) is 11.0. The highest BCUT2D eigenvalue weighted by molar-refractivity contribution is 6.05. The van der Waals surface area contributed by atoms with Gasteiger partial charge in [-0.15, -0.1) is 0 Å². The average molecular weight is 452 g/mol. The molecule has 1 aliphatic rings. The number of rotatable bonds is 7. The van der Waals surface area contributed by atoms with Crippen molar-refractivity contribution in [2.24, 2.45) is 10.5 Å². The fourth-order valence-corrected chi connectivity index (χ4v) is 3.83. The molecule has 0 radical (unpaired) electrons. The van der Waals surface area contributed by atoms with Gasteiger partial charge in [0.25, 0.3) is 5.91 Å². The second-order valence-corrected chi connectivity index (χ2v) is 9.47. The standard InChI is InChI=1S/C26H33N3O4/c1-26(2,3)16-24(30)28(4)17-25(31)29-22(18-10-8-7-9-11-18)15-21(27-29)20-13-12-19(32-5)14-23(20)33-6/h7-14,22H,15-17H2,1-6H3/t22-/m1/s1. The van der Waals surface area contributed by atoms with Crippen molar-refractivity contribution in [1.29, 1.82) is 0 Å². The Morgan fingerprint density at radius 2 is 1.79 bits per heavy atom. The van der Waals surface area contributed by atoms with E-state index in [1.165, 1.54) is 9.91 Å². The van der Waals surface area contributed by atoms with Gasteiger partial charge in [0.05, 0.1) is 26.0 Å². The summed E-state index contributed by atoms with van der Waals surface area (Å²) in [5.41, 5.74) is 2.40. The third-order valence-electron chi connectivity index (χ3n) is 5.55. The number of carbonyl (C=O) groups excluding carboxylic acids is 2. The molecule has 7 heteroatoms. The molecule has 0 saturated carbocycles. The van der Waals surface area contributed by atoms with E-state index in [2.05, 4.69) is 0 Å². The maximum atomic E-state index is 13.3. The number of nitrogens with zero attached hydrogens (tertiary/aromatic N) is 3. The summed E-state index contributed by atoms with van der Waals surface area (Å²) in [5.74, 6) is 1.02. The van der Waals surface area contributed by atoms with Crippen LogP contribution in [0.5, 0.6) is 11.5 Å². The second-order valence-electron chi connectivity index (χ2n) is 9.47. The molecule has 0 fully saturated rings. The third kappa shape index (κ3) is 5.92. The monoisotopic (exact) mass is 451 g/mol. The van der Waals surface area contributed by atoms with Crippen LogP contribution in [0.3, 0.4) is 0 Å². The Morgan fingerprint density at radius 3 is 2.39 bits per heavy atom. The zero-order valence-electron chi connectivity index (χ0n) is 20.3. The number of hydrogen-bond donors (Lipinski definition) is 0. The molecule has 0 aliphatic carbocycles. The smallest absolute Gasteiger partial charge is 0.262 e. The quantitative estimate of drug-likeness (QED) is 0.630. The molecule has 1 atom stereocenters. The number of ether oxygens (including phenoxy) is 2. The van der Waals surface area contributed by atoms with E-state index in [1.807, 2.05) is 63.2 Å². The summed E-state index contributed by atoms with van der Waals surface area (Å²) in [6.45, 7) is 5.98. The lowest BCUT2D eigenvalue weighted by molar-refractivity contribution is -0.141. The van der Waals surface area contributed by atoms with Gasteiger partial charge in [-0.2, -0.15) is 5.10 Å². The molecule has 0 spiro atoms. The largest absolute Gasteiger partial charge is 0.497 e. The third-order valence-corrected chi connectivity index (χ3v) is 5.55. The molecule has 1 aliphatic heterocycles. The second kappa shape index (κ2) is 10.1. The molecule has 2 aromatic carbocycles. The highest BCUT2D eigenvalue weighted by atomic mass is 16.5. The van der Waals surface area contributed by atoms with Gasteiger partial charge in [-0.05, 0) is 23.1 Å². The van der Waals surface area contributed by atoms with Gasteiger partial charge in [0, 0.05) is 31.5 Å². The fourth-order valence-electron chi connectivity index (χ4n) is 3.83. The lowest BCUT2D eigenvalue weighted by Crippen LogP contribution is -2.40. The minimum Gasteiger partial charge on any atom is -0.497 e. The Balaban J connectivity index is 1.90. The van der Waals surface area contributed by atoms with E-state index in [0.717, 1.165) is 16.8 Å². The van der Waals surface area contributed by atoms with Crippen LogP contribution in [0.25, 0.3) is 0 Å². The summed E-state index contributed by atoms with van der Waals surface area (Å²) >= 11 is 0. The van der Waals surface area contributed by atoms with Crippen LogP contribution in [0, 0.1) is 5.41 Å². The lowest BCUT2D eigenvalue weighted by atomic mass is 9.92. The van der Waals surface area contributed by atoms with Gasteiger partial charge in [0.1, 0.15) is 18.0 Å². The number of hydrazone groups is 1. The van der Waals surface area contributed by atoms with Crippen LogP contribution >= 0.6 is 0 Å². The van der Waals surface area contributed by atoms with E-state index in [4.69, 9.17) is 14.6 Å². The molecule has 0 unspecified atom stereocenters. The summed E-state index contributed by atoms with van der Waals surface area (Å²) in [7, 11) is 4.86. The minimum absolute atomic E-state index is 0.0330. The summed E-state index contributed by atoms with van der Waals surface area (Å²) < 4.78 is 10.9. The van der Waals surface area contributed by atoms with E-state index in [-0.39, 0.29) is 29.8 Å². The maximum Gasteiger partial charge on any atom is 0.262 e. The fraction of sp³-hybridized carbons (Fsp3) is 0.423. The minimum atomic E-state index is -0.258. The maximum absolute atomic E-state index is 13.3. The molecule has 176 valence electrons. The number of hydrogen-bond acceptors (Lipinski definition) is 5. The van der Waals surface area contributed by atoms with Crippen LogP contribution in [0.2, 0.25) is 0 Å². The van der Waals surface area contributed by atoms with Gasteiger partial charge in [-0.1, -0.05) is 51.1 Å². The first-order valence-electron chi connectivity index (χ1n) is 11.0.